The maximum absolute atomic E-state index is 12.4. The predicted molar refractivity (Wildman–Crippen MR) is 107 cm³/mol. The van der Waals surface area contributed by atoms with Gasteiger partial charge >= 0.3 is 0 Å². The fourth-order valence-electron chi connectivity index (χ4n) is 2.67. The number of carbonyl (C=O) groups excluding carboxylic acids is 1. The van der Waals surface area contributed by atoms with E-state index in [1.807, 2.05) is 49.4 Å². The molecule has 1 amide bonds. The highest BCUT2D eigenvalue weighted by Crippen LogP contribution is 2.20. The molecule has 0 spiro atoms. The number of nitrogens with one attached hydrogen (secondary N) is 2. The third-order valence-electron chi connectivity index (χ3n) is 4.19. The van der Waals surface area contributed by atoms with Crippen molar-refractivity contribution in [3.05, 3.63) is 84.2 Å². The van der Waals surface area contributed by atoms with E-state index in [9.17, 15) is 4.79 Å². The molecule has 8 heteroatoms. The summed E-state index contributed by atoms with van der Waals surface area (Å²) in [6, 6.07) is 18.6. The first-order valence-electron chi connectivity index (χ1n) is 9.02. The molecule has 3 aromatic heterocycles. The smallest absolute Gasteiger partial charge is 0.259 e. The van der Waals surface area contributed by atoms with E-state index in [0.29, 0.717) is 23.0 Å². The number of anilines is 1. The Bertz CT molecular complexity index is 1080. The highest BCUT2D eigenvalue weighted by molar-refractivity contribution is 6.03. The van der Waals surface area contributed by atoms with Crippen LogP contribution < -0.4 is 10.1 Å². The Kier molecular flexibility index (Phi) is 5.24. The average molecular weight is 386 g/mol. The molecule has 1 unspecified atom stereocenters. The van der Waals surface area contributed by atoms with Gasteiger partial charge in [0.25, 0.3) is 5.91 Å². The van der Waals surface area contributed by atoms with Crippen LogP contribution in [0.1, 0.15) is 28.9 Å². The molecule has 0 radical (unpaired) electrons. The van der Waals surface area contributed by atoms with Crippen molar-refractivity contribution in [2.75, 3.05) is 5.32 Å². The Balaban J connectivity index is 1.39. The Labute approximate surface area is 167 Å². The first-order valence-corrected chi connectivity index (χ1v) is 9.02. The van der Waals surface area contributed by atoms with Gasteiger partial charge in [-0.3, -0.25) is 15.1 Å². The number of ether oxygens (including phenoxy) is 1. The monoisotopic (exact) mass is 386 g/mol. The molecule has 1 atom stereocenters. The summed E-state index contributed by atoms with van der Waals surface area (Å²) < 4.78 is 5.83. The fraction of sp³-hybridized carbons (Fsp3) is 0.0952. The minimum atomic E-state index is -0.358. The highest BCUT2D eigenvalue weighted by Gasteiger charge is 2.13. The molecule has 2 N–H and O–H groups in total. The standard InChI is InChI=1S/C21H18N6O2/c1-14(15-7-3-2-4-8-15)29-18-11-10-16(13-23-18)20(28)25-21-24-19(26-27-21)17-9-5-6-12-22-17/h2-14H,1H3,(H2,24,25,26,27,28). The number of pyridine rings is 2. The van der Waals surface area contributed by atoms with Crippen LogP contribution in [-0.4, -0.2) is 31.1 Å². The topological polar surface area (TPSA) is 106 Å². The van der Waals surface area contributed by atoms with Crippen LogP contribution in [0.2, 0.25) is 0 Å². The van der Waals surface area contributed by atoms with Crippen molar-refractivity contribution >= 4 is 11.9 Å². The molecule has 1 aromatic carbocycles. The van der Waals surface area contributed by atoms with Crippen LogP contribution in [0.25, 0.3) is 11.5 Å². The van der Waals surface area contributed by atoms with Crippen molar-refractivity contribution in [2.24, 2.45) is 0 Å². The zero-order chi connectivity index (χ0) is 20.1. The number of aromatic amines is 1. The van der Waals surface area contributed by atoms with E-state index in [4.69, 9.17) is 4.74 Å². The lowest BCUT2D eigenvalue weighted by atomic mass is 10.1. The number of benzene rings is 1. The summed E-state index contributed by atoms with van der Waals surface area (Å²) in [5, 5.41) is 10.6. The molecule has 0 aliphatic rings. The molecule has 0 bridgehead atoms. The lowest BCUT2D eigenvalue weighted by molar-refractivity contribution is 0.102. The Morgan fingerprint density at radius 3 is 2.55 bits per heavy atom. The van der Waals surface area contributed by atoms with Gasteiger partial charge in [-0.25, -0.2) is 4.98 Å². The largest absolute Gasteiger partial charge is 0.470 e. The van der Waals surface area contributed by atoms with Crippen LogP contribution in [-0.2, 0) is 0 Å². The maximum Gasteiger partial charge on any atom is 0.259 e. The summed E-state index contributed by atoms with van der Waals surface area (Å²) in [6.07, 6.45) is 2.96. The van der Waals surface area contributed by atoms with E-state index in [2.05, 4.69) is 30.5 Å². The van der Waals surface area contributed by atoms with Crippen molar-refractivity contribution in [1.82, 2.24) is 25.1 Å². The van der Waals surface area contributed by atoms with Gasteiger partial charge in [-0.15, -0.1) is 10.2 Å². The van der Waals surface area contributed by atoms with Crippen LogP contribution in [0.5, 0.6) is 5.88 Å². The molecule has 0 saturated heterocycles. The summed E-state index contributed by atoms with van der Waals surface area (Å²) >= 11 is 0. The normalized spacial score (nSPS) is 11.6. The molecule has 0 fully saturated rings. The Morgan fingerprint density at radius 1 is 1.00 bits per heavy atom. The van der Waals surface area contributed by atoms with Gasteiger partial charge in [0.15, 0.2) is 5.82 Å². The van der Waals surface area contributed by atoms with Crippen LogP contribution in [0.15, 0.2) is 73.1 Å². The number of rotatable bonds is 6. The van der Waals surface area contributed by atoms with Gasteiger partial charge in [0.05, 0.1) is 5.56 Å². The third-order valence-corrected chi connectivity index (χ3v) is 4.19. The second-order valence-electron chi connectivity index (χ2n) is 6.25. The first-order chi connectivity index (χ1) is 14.2. The SMILES string of the molecule is CC(Oc1ccc(C(=O)Nc2nnc(-c3ccccn3)[nH]2)cn1)c1ccccc1. The summed E-state index contributed by atoms with van der Waals surface area (Å²) in [4.78, 5) is 23.7. The molecule has 4 aromatic rings. The molecule has 8 nitrogen and oxygen atoms in total. The minimum Gasteiger partial charge on any atom is -0.470 e. The molecule has 144 valence electrons. The third kappa shape index (κ3) is 4.44. The van der Waals surface area contributed by atoms with Gasteiger partial charge in [0.2, 0.25) is 11.8 Å². The minimum absolute atomic E-state index is 0.150. The molecule has 0 saturated carbocycles. The van der Waals surface area contributed by atoms with Gasteiger partial charge < -0.3 is 9.72 Å². The number of H-pyrrole nitrogens is 1. The Morgan fingerprint density at radius 2 is 1.83 bits per heavy atom. The second-order valence-corrected chi connectivity index (χ2v) is 6.25. The van der Waals surface area contributed by atoms with Crippen LogP contribution in [0.3, 0.4) is 0 Å². The number of aromatic nitrogens is 5. The second kappa shape index (κ2) is 8.30. The van der Waals surface area contributed by atoms with Crippen molar-refractivity contribution < 1.29 is 9.53 Å². The molecule has 0 aliphatic heterocycles. The van der Waals surface area contributed by atoms with E-state index in [1.54, 1.807) is 24.4 Å². The number of carbonyl (C=O) groups is 1. The Hall–Kier alpha value is -4.07. The highest BCUT2D eigenvalue weighted by atomic mass is 16.5. The van der Waals surface area contributed by atoms with E-state index in [-0.39, 0.29) is 18.0 Å². The van der Waals surface area contributed by atoms with Crippen LogP contribution in [0, 0.1) is 0 Å². The molecule has 3 heterocycles. The lowest BCUT2D eigenvalue weighted by Crippen LogP contribution is -2.13. The predicted octanol–water partition coefficient (Wildman–Crippen LogP) is 3.65. The van der Waals surface area contributed by atoms with Crippen molar-refractivity contribution in [1.29, 1.82) is 0 Å². The maximum atomic E-state index is 12.4. The molecule has 0 aliphatic carbocycles. The molecular formula is C21H18N6O2. The van der Waals surface area contributed by atoms with E-state index in [1.165, 1.54) is 6.20 Å². The quantitative estimate of drug-likeness (QED) is 0.524. The molecule has 4 rings (SSSR count). The summed E-state index contributed by atoms with van der Waals surface area (Å²) in [5.41, 5.74) is 2.06. The fourth-order valence-corrected chi connectivity index (χ4v) is 2.67. The van der Waals surface area contributed by atoms with E-state index >= 15 is 0 Å². The lowest BCUT2D eigenvalue weighted by Gasteiger charge is -2.14. The zero-order valence-electron chi connectivity index (χ0n) is 15.6. The van der Waals surface area contributed by atoms with E-state index in [0.717, 1.165) is 5.56 Å². The van der Waals surface area contributed by atoms with Gasteiger partial charge in [-0.2, -0.15) is 0 Å². The van der Waals surface area contributed by atoms with Gasteiger partial charge in [-0.05, 0) is 30.7 Å². The van der Waals surface area contributed by atoms with Crippen LogP contribution >= 0.6 is 0 Å². The summed E-state index contributed by atoms with van der Waals surface area (Å²) in [6.45, 7) is 1.95. The van der Waals surface area contributed by atoms with Crippen molar-refractivity contribution in [3.8, 4) is 17.4 Å². The number of nitrogens with zero attached hydrogens (tertiary/aromatic N) is 4. The van der Waals surface area contributed by atoms with Crippen molar-refractivity contribution in [2.45, 2.75) is 13.0 Å². The number of hydrogen-bond acceptors (Lipinski definition) is 6. The summed E-state index contributed by atoms with van der Waals surface area (Å²) in [5.74, 6) is 0.783. The van der Waals surface area contributed by atoms with E-state index < -0.39 is 0 Å². The van der Waals surface area contributed by atoms with Gasteiger partial charge in [0.1, 0.15) is 11.8 Å². The van der Waals surface area contributed by atoms with Gasteiger partial charge in [0, 0.05) is 18.5 Å². The number of hydrogen-bond donors (Lipinski definition) is 2. The summed E-state index contributed by atoms with van der Waals surface area (Å²) in [7, 11) is 0. The first kappa shape index (κ1) is 18.3. The van der Waals surface area contributed by atoms with Crippen LogP contribution in [0.4, 0.5) is 5.95 Å². The van der Waals surface area contributed by atoms with Crippen molar-refractivity contribution in [3.63, 3.8) is 0 Å². The average Bonchev–Trinajstić information content (AvgIpc) is 3.24. The molecule has 29 heavy (non-hydrogen) atoms. The zero-order valence-corrected chi connectivity index (χ0v) is 15.6. The molecular weight excluding hydrogens is 368 g/mol. The number of amides is 1. The van der Waals surface area contributed by atoms with Gasteiger partial charge in [-0.1, -0.05) is 36.4 Å².